The number of fused-ring (bicyclic) bond motifs is 3. The molecule has 2 aromatic heterocycles. The molecule has 1 amide bonds. The van der Waals surface area contributed by atoms with Gasteiger partial charge >= 0.3 is 18.3 Å². The van der Waals surface area contributed by atoms with Crippen molar-refractivity contribution in [2.24, 2.45) is 5.41 Å². The van der Waals surface area contributed by atoms with E-state index in [0.29, 0.717) is 25.5 Å². The van der Waals surface area contributed by atoms with Crippen LogP contribution < -0.4 is 9.64 Å². The standard InChI is InChI=1S/C28H36ClF3N6O3/c1-26(2,3)41-25(39)38-17-6-7-18(38)14-37(13-17)23-19-12-33-22(29)20(28(30,31)32)21(19)34-24(35-23)40-16-27(8-9-27)15-36-10-4-5-11-36/h12,17-18H,4-11,13-16H2,1-3H3. The predicted octanol–water partition coefficient (Wildman–Crippen LogP) is 5.54. The number of aromatic nitrogens is 3. The van der Waals surface area contributed by atoms with Gasteiger partial charge in [-0.3, -0.25) is 4.90 Å². The average molecular weight is 597 g/mol. The van der Waals surface area contributed by atoms with Gasteiger partial charge in [0.1, 0.15) is 22.1 Å². The molecular formula is C28H36ClF3N6O3. The molecular weight excluding hydrogens is 561 g/mol. The van der Waals surface area contributed by atoms with Gasteiger partial charge in [0.15, 0.2) is 0 Å². The number of rotatable bonds is 6. The van der Waals surface area contributed by atoms with Crippen molar-refractivity contribution in [3.63, 3.8) is 0 Å². The van der Waals surface area contributed by atoms with Crippen molar-refractivity contribution in [3.8, 4) is 6.01 Å². The van der Waals surface area contributed by atoms with E-state index >= 15 is 0 Å². The molecule has 13 heteroatoms. The topological polar surface area (TPSA) is 83.9 Å². The third-order valence-corrected chi connectivity index (χ3v) is 8.83. The van der Waals surface area contributed by atoms with Crippen LogP contribution in [0.25, 0.3) is 10.9 Å². The van der Waals surface area contributed by atoms with Crippen molar-refractivity contribution >= 4 is 34.4 Å². The van der Waals surface area contributed by atoms with E-state index in [1.807, 2.05) is 25.7 Å². The van der Waals surface area contributed by atoms with Crippen molar-refractivity contribution in [1.29, 1.82) is 0 Å². The smallest absolute Gasteiger partial charge is 0.421 e. The largest absolute Gasteiger partial charge is 0.463 e. The lowest BCUT2D eigenvalue weighted by Crippen LogP contribution is -2.57. The van der Waals surface area contributed by atoms with Crippen molar-refractivity contribution in [3.05, 3.63) is 16.9 Å². The van der Waals surface area contributed by atoms with Crippen LogP contribution in [0.2, 0.25) is 5.15 Å². The van der Waals surface area contributed by atoms with Gasteiger partial charge in [-0.25, -0.2) is 9.78 Å². The Morgan fingerprint density at radius 3 is 2.34 bits per heavy atom. The van der Waals surface area contributed by atoms with Crippen LogP contribution in [-0.2, 0) is 10.9 Å². The zero-order valence-electron chi connectivity index (χ0n) is 23.6. The number of hydrogen-bond donors (Lipinski definition) is 0. The molecule has 9 nitrogen and oxygen atoms in total. The summed E-state index contributed by atoms with van der Waals surface area (Å²) in [5.74, 6) is 0.310. The maximum Gasteiger partial charge on any atom is 0.421 e. The van der Waals surface area contributed by atoms with E-state index in [9.17, 15) is 18.0 Å². The van der Waals surface area contributed by atoms with Crippen LogP contribution in [0.5, 0.6) is 6.01 Å². The van der Waals surface area contributed by atoms with Crippen molar-refractivity contribution in [2.75, 3.05) is 44.2 Å². The van der Waals surface area contributed by atoms with Gasteiger partial charge in [0, 0.05) is 31.2 Å². The predicted molar refractivity (Wildman–Crippen MR) is 147 cm³/mol. The first-order chi connectivity index (χ1) is 19.3. The van der Waals surface area contributed by atoms with Crippen LogP contribution >= 0.6 is 11.6 Å². The van der Waals surface area contributed by atoms with E-state index in [2.05, 4.69) is 19.9 Å². The molecule has 41 heavy (non-hydrogen) atoms. The molecule has 2 unspecified atom stereocenters. The minimum absolute atomic E-state index is 0.0241. The Kier molecular flexibility index (Phi) is 7.16. The summed E-state index contributed by atoms with van der Waals surface area (Å²) < 4.78 is 54.3. The van der Waals surface area contributed by atoms with Gasteiger partial charge in [0.05, 0.1) is 29.6 Å². The summed E-state index contributed by atoms with van der Waals surface area (Å²) in [7, 11) is 0. The van der Waals surface area contributed by atoms with Gasteiger partial charge in [-0.05, 0) is 72.4 Å². The van der Waals surface area contributed by atoms with E-state index in [1.165, 1.54) is 19.0 Å². The summed E-state index contributed by atoms with van der Waals surface area (Å²) in [6.07, 6.45) is 2.07. The fourth-order valence-corrected chi connectivity index (χ4v) is 6.68. The van der Waals surface area contributed by atoms with Gasteiger partial charge in [-0.2, -0.15) is 23.1 Å². The Labute approximate surface area is 242 Å². The molecule has 1 saturated carbocycles. The zero-order chi connectivity index (χ0) is 29.2. The molecule has 2 bridgehead atoms. The highest BCUT2D eigenvalue weighted by Gasteiger charge is 2.47. The first kappa shape index (κ1) is 28.5. The number of anilines is 1. The second kappa shape index (κ2) is 10.3. The quantitative estimate of drug-likeness (QED) is 0.402. The minimum Gasteiger partial charge on any atom is -0.463 e. The molecule has 0 spiro atoms. The number of nitrogens with zero attached hydrogens (tertiary/aromatic N) is 6. The molecule has 0 aromatic carbocycles. The van der Waals surface area contributed by atoms with Gasteiger partial charge < -0.3 is 19.3 Å². The Morgan fingerprint density at radius 1 is 1.10 bits per heavy atom. The highest BCUT2D eigenvalue weighted by Crippen LogP contribution is 2.47. The maximum absolute atomic E-state index is 14.2. The van der Waals surface area contributed by atoms with E-state index in [4.69, 9.17) is 21.1 Å². The molecule has 224 valence electrons. The summed E-state index contributed by atoms with van der Waals surface area (Å²) in [5.41, 5.74) is -2.08. The van der Waals surface area contributed by atoms with Crippen LogP contribution in [0.1, 0.15) is 64.9 Å². The normalized spacial score (nSPS) is 24.3. The van der Waals surface area contributed by atoms with Gasteiger partial charge in [-0.15, -0.1) is 0 Å². The summed E-state index contributed by atoms with van der Waals surface area (Å²) >= 11 is 5.99. The summed E-state index contributed by atoms with van der Waals surface area (Å²) in [5, 5.41) is -0.513. The van der Waals surface area contributed by atoms with Crippen LogP contribution in [0.3, 0.4) is 0 Å². The SMILES string of the molecule is CC(C)(C)OC(=O)N1C2CCC1CN(c1nc(OCC3(CN4CCCC4)CC3)nc3c(C(F)(F)F)c(Cl)ncc13)C2. The van der Waals surface area contributed by atoms with Crippen molar-refractivity contribution in [2.45, 2.75) is 83.2 Å². The lowest BCUT2D eigenvalue weighted by atomic mass is 10.1. The lowest BCUT2D eigenvalue weighted by molar-refractivity contribution is -0.136. The first-order valence-corrected chi connectivity index (χ1v) is 14.7. The van der Waals surface area contributed by atoms with Crippen molar-refractivity contribution in [1.82, 2.24) is 24.8 Å². The Morgan fingerprint density at radius 2 is 1.76 bits per heavy atom. The van der Waals surface area contributed by atoms with Crippen LogP contribution in [0.15, 0.2) is 6.20 Å². The molecule has 4 aliphatic rings. The Hall–Kier alpha value is -2.60. The number of alkyl halides is 3. The molecule has 2 atom stereocenters. The third-order valence-electron chi connectivity index (χ3n) is 8.55. The van der Waals surface area contributed by atoms with E-state index in [-0.39, 0.29) is 40.5 Å². The van der Waals surface area contributed by atoms with Gasteiger partial charge in [0.2, 0.25) is 0 Å². The molecule has 6 rings (SSSR count). The highest BCUT2D eigenvalue weighted by atomic mass is 35.5. The number of carbonyl (C=O) groups is 1. The number of hydrogen-bond acceptors (Lipinski definition) is 8. The zero-order valence-corrected chi connectivity index (χ0v) is 24.4. The van der Waals surface area contributed by atoms with Crippen LogP contribution in [-0.4, -0.2) is 87.9 Å². The number of piperazine rings is 1. The third kappa shape index (κ3) is 5.86. The van der Waals surface area contributed by atoms with Crippen molar-refractivity contribution < 1.29 is 27.4 Å². The fourth-order valence-electron chi connectivity index (χ4n) is 6.43. The second-order valence-electron chi connectivity index (χ2n) is 13.0. The average Bonchev–Trinajstić information content (AvgIpc) is 3.33. The summed E-state index contributed by atoms with van der Waals surface area (Å²) in [6, 6.07) is -0.416. The molecule has 0 radical (unpaired) electrons. The maximum atomic E-state index is 14.2. The Balaban J connectivity index is 1.32. The van der Waals surface area contributed by atoms with E-state index in [0.717, 1.165) is 45.3 Å². The number of halogens is 4. The monoisotopic (exact) mass is 596 g/mol. The fraction of sp³-hybridized carbons (Fsp3) is 0.714. The second-order valence-corrected chi connectivity index (χ2v) is 13.3. The lowest BCUT2D eigenvalue weighted by Gasteiger charge is -2.42. The summed E-state index contributed by atoms with van der Waals surface area (Å²) in [4.78, 5) is 31.9. The first-order valence-electron chi connectivity index (χ1n) is 14.4. The molecule has 0 N–H and O–H groups in total. The summed E-state index contributed by atoms with van der Waals surface area (Å²) in [6.45, 7) is 9.64. The minimum atomic E-state index is -4.77. The molecule has 3 aliphatic heterocycles. The van der Waals surface area contributed by atoms with Gasteiger partial charge in [-0.1, -0.05) is 11.6 Å². The number of ether oxygens (including phenoxy) is 2. The van der Waals surface area contributed by atoms with Gasteiger partial charge in [0.25, 0.3) is 0 Å². The van der Waals surface area contributed by atoms with E-state index < -0.39 is 22.5 Å². The molecule has 5 heterocycles. The Bertz CT molecular complexity index is 1310. The number of likely N-dealkylation sites (tertiary alicyclic amines) is 1. The molecule has 3 saturated heterocycles. The highest BCUT2D eigenvalue weighted by molar-refractivity contribution is 6.31. The molecule has 4 fully saturated rings. The number of carbonyl (C=O) groups excluding carboxylic acids is 1. The number of amides is 1. The number of pyridine rings is 1. The van der Waals surface area contributed by atoms with Crippen LogP contribution in [0, 0.1) is 5.41 Å². The van der Waals surface area contributed by atoms with Crippen LogP contribution in [0.4, 0.5) is 23.8 Å². The molecule has 2 aromatic rings. The molecule has 1 aliphatic carbocycles. The van der Waals surface area contributed by atoms with E-state index in [1.54, 1.807) is 4.90 Å².